The zero-order chi connectivity index (χ0) is 19.2. The van der Waals surface area contributed by atoms with Crippen LogP contribution in [0.1, 0.15) is 12.8 Å². The second-order valence-electron chi connectivity index (χ2n) is 6.97. The van der Waals surface area contributed by atoms with Crippen molar-refractivity contribution in [3.8, 4) is 0 Å². The highest BCUT2D eigenvalue weighted by Crippen LogP contribution is 2.32. The van der Waals surface area contributed by atoms with Crippen molar-refractivity contribution in [2.75, 3.05) is 36.0 Å². The number of amides is 4. The first-order valence-electron chi connectivity index (χ1n) is 8.78. The van der Waals surface area contributed by atoms with Crippen molar-refractivity contribution in [3.05, 3.63) is 24.0 Å². The number of carbonyl (C=O) groups excluding carboxylic acids is 3. The van der Waals surface area contributed by atoms with Gasteiger partial charge in [-0.15, -0.1) is 0 Å². The topological polar surface area (TPSA) is 117 Å². The van der Waals surface area contributed by atoms with Crippen molar-refractivity contribution in [2.24, 2.45) is 5.73 Å². The van der Waals surface area contributed by atoms with Crippen LogP contribution in [0.3, 0.4) is 0 Å². The van der Waals surface area contributed by atoms with Crippen LogP contribution in [0.4, 0.5) is 25.4 Å². The number of nitrogens with two attached hydrogens (primary N) is 1. The van der Waals surface area contributed by atoms with Crippen LogP contribution in [0.5, 0.6) is 0 Å². The van der Waals surface area contributed by atoms with E-state index >= 15 is 0 Å². The summed E-state index contributed by atoms with van der Waals surface area (Å²) in [6, 6.07) is 4.08. The average molecular weight is 377 g/mol. The molecular formula is C17H20FN5O4. The molecule has 3 aliphatic rings. The first-order valence-corrected chi connectivity index (χ1v) is 8.78. The van der Waals surface area contributed by atoms with Gasteiger partial charge in [0.1, 0.15) is 17.5 Å². The molecule has 144 valence electrons. The number of anilines is 2. The van der Waals surface area contributed by atoms with Crippen LogP contribution in [-0.2, 0) is 9.53 Å². The summed E-state index contributed by atoms with van der Waals surface area (Å²) < 4.78 is 19.8. The predicted octanol–water partition coefficient (Wildman–Crippen LogP) is 0.288. The van der Waals surface area contributed by atoms with Crippen LogP contribution < -0.4 is 26.2 Å². The Morgan fingerprint density at radius 3 is 2.56 bits per heavy atom. The summed E-state index contributed by atoms with van der Waals surface area (Å²) in [6.07, 6.45) is -0.156. The van der Waals surface area contributed by atoms with Crippen molar-refractivity contribution in [1.82, 2.24) is 10.6 Å². The maximum atomic E-state index is 14.7. The third kappa shape index (κ3) is 2.95. The molecule has 3 saturated heterocycles. The zero-order valence-electron chi connectivity index (χ0n) is 14.5. The number of nitrogens with one attached hydrogen (secondary N) is 2. The molecule has 27 heavy (non-hydrogen) atoms. The summed E-state index contributed by atoms with van der Waals surface area (Å²) in [4.78, 5) is 38.5. The van der Waals surface area contributed by atoms with Crippen molar-refractivity contribution >= 4 is 29.4 Å². The molecule has 9 nitrogen and oxygen atoms in total. The number of benzene rings is 1. The Hall–Kier alpha value is -2.88. The monoisotopic (exact) mass is 377 g/mol. The van der Waals surface area contributed by atoms with Crippen molar-refractivity contribution < 1.29 is 23.5 Å². The van der Waals surface area contributed by atoms with Crippen molar-refractivity contribution in [2.45, 2.75) is 24.5 Å². The van der Waals surface area contributed by atoms with Gasteiger partial charge in [-0.25, -0.2) is 14.0 Å². The van der Waals surface area contributed by atoms with Crippen LogP contribution in [-0.4, -0.2) is 55.9 Å². The van der Waals surface area contributed by atoms with Gasteiger partial charge in [-0.1, -0.05) is 0 Å². The van der Waals surface area contributed by atoms with E-state index in [0.29, 0.717) is 37.3 Å². The number of hydrogen-bond acceptors (Lipinski definition) is 6. The van der Waals surface area contributed by atoms with E-state index in [1.54, 1.807) is 12.1 Å². The second-order valence-corrected chi connectivity index (χ2v) is 6.97. The largest absolute Gasteiger partial charge is 0.443 e. The molecule has 3 fully saturated rings. The minimum absolute atomic E-state index is 0.211. The highest BCUT2D eigenvalue weighted by molar-refractivity contribution is 6.07. The van der Waals surface area contributed by atoms with Gasteiger partial charge in [0, 0.05) is 19.6 Å². The van der Waals surface area contributed by atoms with Crippen molar-refractivity contribution in [3.63, 3.8) is 0 Å². The van der Waals surface area contributed by atoms with Crippen LogP contribution >= 0.6 is 0 Å². The molecule has 3 heterocycles. The smallest absolute Gasteiger partial charge is 0.414 e. The molecular weight excluding hydrogens is 357 g/mol. The van der Waals surface area contributed by atoms with Crippen LogP contribution in [0.15, 0.2) is 18.2 Å². The number of cyclic esters (lactones) is 1. The first kappa shape index (κ1) is 17.5. The molecule has 3 aliphatic heterocycles. The molecule has 4 N–H and O–H groups in total. The summed E-state index contributed by atoms with van der Waals surface area (Å²) in [5, 5.41) is 4.93. The van der Waals surface area contributed by atoms with Gasteiger partial charge >= 0.3 is 12.1 Å². The van der Waals surface area contributed by atoms with E-state index in [4.69, 9.17) is 10.5 Å². The molecule has 4 rings (SSSR count). The number of urea groups is 1. The maximum Gasteiger partial charge on any atom is 0.414 e. The predicted molar refractivity (Wildman–Crippen MR) is 93.9 cm³/mol. The molecule has 0 bridgehead atoms. The lowest BCUT2D eigenvalue weighted by Crippen LogP contribution is -2.55. The Kier molecular flexibility index (Phi) is 4.14. The lowest BCUT2D eigenvalue weighted by atomic mass is 9.87. The van der Waals surface area contributed by atoms with E-state index < -0.39 is 29.6 Å². The fraction of sp³-hybridized carbons (Fsp3) is 0.471. The van der Waals surface area contributed by atoms with Gasteiger partial charge in [0.05, 0.1) is 17.9 Å². The highest BCUT2D eigenvalue weighted by atomic mass is 19.1. The standard InChI is InChI=1S/C17H20FN5O4/c18-12-7-10(23-9-11(8-19)27-16(23)26)1-2-13(12)22-5-3-17(4-6-22)14(24)20-15(25)21-17/h1-2,7,11H,3-6,8-9,19H2,(H2,20,21,24,25)/t11-/m0/s1. The number of rotatable bonds is 3. The Bertz CT molecular complexity index is 809. The van der Waals surface area contributed by atoms with E-state index in [-0.39, 0.29) is 19.0 Å². The third-order valence-electron chi connectivity index (χ3n) is 5.35. The molecule has 0 unspecified atom stereocenters. The van der Waals surface area contributed by atoms with Gasteiger partial charge < -0.3 is 20.7 Å². The Labute approximate surface area is 154 Å². The summed E-state index contributed by atoms with van der Waals surface area (Å²) in [5.74, 6) is -0.794. The summed E-state index contributed by atoms with van der Waals surface area (Å²) in [5.41, 5.74) is 5.41. The molecule has 1 aromatic carbocycles. The SMILES string of the molecule is NC[C@H]1CN(c2ccc(N3CCC4(CC3)NC(=O)NC4=O)c(F)c2)C(=O)O1. The number of piperidine rings is 1. The molecule has 1 atom stereocenters. The molecule has 0 aromatic heterocycles. The summed E-state index contributed by atoms with van der Waals surface area (Å²) >= 11 is 0. The second kappa shape index (κ2) is 6.38. The molecule has 4 amide bonds. The number of carbonyl (C=O) groups is 3. The highest BCUT2D eigenvalue weighted by Gasteiger charge is 2.48. The van der Waals surface area contributed by atoms with Gasteiger partial charge in [0.15, 0.2) is 0 Å². The van der Waals surface area contributed by atoms with E-state index in [0.717, 1.165) is 0 Å². The van der Waals surface area contributed by atoms with E-state index in [1.807, 2.05) is 4.90 Å². The Balaban J connectivity index is 1.47. The normalized spacial score (nSPS) is 24.2. The van der Waals surface area contributed by atoms with Gasteiger partial charge in [0.25, 0.3) is 5.91 Å². The number of halogens is 1. The Morgan fingerprint density at radius 2 is 2.00 bits per heavy atom. The fourth-order valence-electron chi connectivity index (χ4n) is 3.78. The summed E-state index contributed by atoms with van der Waals surface area (Å²) in [6.45, 7) is 1.34. The number of hydrogen-bond donors (Lipinski definition) is 3. The maximum absolute atomic E-state index is 14.7. The molecule has 1 aromatic rings. The molecule has 0 saturated carbocycles. The van der Waals surface area contributed by atoms with Crippen LogP contribution in [0.25, 0.3) is 0 Å². The van der Waals surface area contributed by atoms with Crippen LogP contribution in [0, 0.1) is 5.82 Å². The molecule has 10 heteroatoms. The van der Waals surface area contributed by atoms with E-state index in [2.05, 4.69) is 10.6 Å². The quantitative estimate of drug-likeness (QED) is 0.652. The van der Waals surface area contributed by atoms with Crippen molar-refractivity contribution in [1.29, 1.82) is 0 Å². The van der Waals surface area contributed by atoms with E-state index in [9.17, 15) is 18.8 Å². The minimum atomic E-state index is -0.902. The summed E-state index contributed by atoms with van der Waals surface area (Å²) in [7, 11) is 0. The van der Waals surface area contributed by atoms with Gasteiger partial charge in [0.2, 0.25) is 0 Å². The van der Waals surface area contributed by atoms with Gasteiger partial charge in [-0.2, -0.15) is 0 Å². The van der Waals surface area contributed by atoms with Gasteiger partial charge in [-0.3, -0.25) is 15.0 Å². The molecule has 0 aliphatic carbocycles. The zero-order valence-corrected chi connectivity index (χ0v) is 14.5. The first-order chi connectivity index (χ1) is 12.9. The van der Waals surface area contributed by atoms with Crippen LogP contribution in [0.2, 0.25) is 0 Å². The lowest BCUT2D eigenvalue weighted by Gasteiger charge is -2.38. The van der Waals surface area contributed by atoms with E-state index in [1.165, 1.54) is 11.0 Å². The lowest BCUT2D eigenvalue weighted by molar-refractivity contribution is -0.124. The van der Waals surface area contributed by atoms with Gasteiger partial charge in [-0.05, 0) is 31.0 Å². The average Bonchev–Trinajstić information content (AvgIpc) is 3.15. The number of imide groups is 1. The minimum Gasteiger partial charge on any atom is -0.443 e. The Morgan fingerprint density at radius 1 is 1.26 bits per heavy atom. The number of nitrogens with zero attached hydrogens (tertiary/aromatic N) is 2. The third-order valence-corrected chi connectivity index (χ3v) is 5.35. The number of ether oxygens (including phenoxy) is 1. The molecule has 0 radical (unpaired) electrons. The molecule has 1 spiro atoms. The fourth-order valence-corrected chi connectivity index (χ4v) is 3.78.